The summed E-state index contributed by atoms with van der Waals surface area (Å²) in [5.41, 5.74) is 1.50. The molecule has 1 saturated heterocycles. The third-order valence-corrected chi connectivity index (χ3v) is 5.57. The zero-order valence-corrected chi connectivity index (χ0v) is 17.8. The molecule has 1 amide bonds. The van der Waals surface area contributed by atoms with Crippen molar-refractivity contribution in [2.75, 3.05) is 26.2 Å². The second-order valence-corrected chi connectivity index (χ2v) is 7.90. The molecule has 0 saturated carbocycles. The number of piperazine rings is 1. The molecule has 0 spiro atoms. The number of carbonyl (C=O) groups is 2. The summed E-state index contributed by atoms with van der Waals surface area (Å²) in [6.45, 7) is 3.22. The zero-order chi connectivity index (χ0) is 21.6. The van der Waals surface area contributed by atoms with Crippen LogP contribution in [-0.2, 0) is 11.3 Å². The van der Waals surface area contributed by atoms with E-state index in [9.17, 15) is 9.59 Å². The Morgan fingerprint density at radius 1 is 0.935 bits per heavy atom. The van der Waals surface area contributed by atoms with Crippen molar-refractivity contribution < 1.29 is 14.1 Å². The van der Waals surface area contributed by atoms with E-state index in [-0.39, 0.29) is 24.5 Å². The molecule has 160 valence electrons. The van der Waals surface area contributed by atoms with E-state index in [1.54, 1.807) is 24.3 Å². The molecule has 0 N–H and O–H groups in total. The van der Waals surface area contributed by atoms with Crippen molar-refractivity contribution in [2.24, 2.45) is 0 Å². The molecule has 0 atom stereocenters. The summed E-state index contributed by atoms with van der Waals surface area (Å²) < 4.78 is 5.38. The second kappa shape index (κ2) is 9.85. The summed E-state index contributed by atoms with van der Waals surface area (Å²) in [5, 5.41) is 4.70. The van der Waals surface area contributed by atoms with Crippen molar-refractivity contribution in [1.82, 2.24) is 19.9 Å². The molecule has 0 unspecified atom stereocenters. The van der Waals surface area contributed by atoms with Gasteiger partial charge in [-0.15, -0.1) is 0 Å². The van der Waals surface area contributed by atoms with Crippen LogP contribution in [0.2, 0.25) is 5.02 Å². The standard InChI is InChI=1S/C23H23ClN4O3/c24-19-8-6-18(7-9-19)23-25-21(31-26-23)16-27-12-14-28(15-13-27)22(30)11-10-20(29)17-4-2-1-3-5-17/h1-9H,10-16H2. The highest BCUT2D eigenvalue weighted by Crippen LogP contribution is 2.19. The molecule has 7 nitrogen and oxygen atoms in total. The SMILES string of the molecule is O=C(CCC(=O)N1CCN(Cc2nc(-c3ccc(Cl)cc3)no2)CC1)c1ccccc1. The predicted octanol–water partition coefficient (Wildman–Crippen LogP) is 3.70. The molecule has 1 aliphatic heterocycles. The van der Waals surface area contributed by atoms with E-state index in [0.29, 0.717) is 41.9 Å². The van der Waals surface area contributed by atoms with Crippen molar-refractivity contribution in [2.45, 2.75) is 19.4 Å². The van der Waals surface area contributed by atoms with Gasteiger partial charge in [-0.25, -0.2) is 0 Å². The normalized spacial score (nSPS) is 14.5. The molecule has 31 heavy (non-hydrogen) atoms. The maximum Gasteiger partial charge on any atom is 0.241 e. The fourth-order valence-corrected chi connectivity index (χ4v) is 3.65. The van der Waals surface area contributed by atoms with Crippen molar-refractivity contribution in [1.29, 1.82) is 0 Å². The molecule has 2 aromatic carbocycles. The van der Waals surface area contributed by atoms with Gasteiger partial charge in [0.15, 0.2) is 5.78 Å². The van der Waals surface area contributed by atoms with E-state index in [0.717, 1.165) is 18.7 Å². The van der Waals surface area contributed by atoms with Crippen LogP contribution in [0.15, 0.2) is 59.1 Å². The molecule has 1 aromatic heterocycles. The summed E-state index contributed by atoms with van der Waals surface area (Å²) in [5.74, 6) is 1.09. The first-order valence-corrected chi connectivity index (χ1v) is 10.6. The van der Waals surface area contributed by atoms with E-state index < -0.39 is 0 Å². The van der Waals surface area contributed by atoms with Gasteiger partial charge in [-0.05, 0) is 24.3 Å². The average molecular weight is 439 g/mol. The predicted molar refractivity (Wildman–Crippen MR) is 117 cm³/mol. The number of aromatic nitrogens is 2. The van der Waals surface area contributed by atoms with Gasteiger partial charge in [0.25, 0.3) is 0 Å². The van der Waals surface area contributed by atoms with Gasteiger partial charge in [0.05, 0.1) is 6.54 Å². The van der Waals surface area contributed by atoms with Crippen LogP contribution in [0.1, 0.15) is 29.1 Å². The van der Waals surface area contributed by atoms with E-state index in [1.165, 1.54) is 0 Å². The zero-order valence-electron chi connectivity index (χ0n) is 17.0. The minimum atomic E-state index is 0.000436. The fraction of sp³-hybridized carbons (Fsp3) is 0.304. The lowest BCUT2D eigenvalue weighted by atomic mass is 10.1. The Labute approximate surface area is 185 Å². The summed E-state index contributed by atoms with van der Waals surface area (Å²) in [7, 11) is 0. The summed E-state index contributed by atoms with van der Waals surface area (Å²) in [6.07, 6.45) is 0.473. The minimum absolute atomic E-state index is 0.000436. The summed E-state index contributed by atoms with van der Waals surface area (Å²) in [6, 6.07) is 16.4. The summed E-state index contributed by atoms with van der Waals surface area (Å²) in [4.78, 5) is 33.1. The number of nitrogens with zero attached hydrogens (tertiary/aromatic N) is 4. The summed E-state index contributed by atoms with van der Waals surface area (Å²) >= 11 is 5.91. The number of hydrogen-bond donors (Lipinski definition) is 0. The van der Waals surface area contributed by atoms with Gasteiger partial charge in [-0.2, -0.15) is 4.98 Å². The Bertz CT molecular complexity index is 1030. The Morgan fingerprint density at radius 3 is 2.35 bits per heavy atom. The lowest BCUT2D eigenvalue weighted by molar-refractivity contribution is -0.133. The van der Waals surface area contributed by atoms with Crippen molar-refractivity contribution in [3.8, 4) is 11.4 Å². The fourth-order valence-electron chi connectivity index (χ4n) is 3.53. The van der Waals surface area contributed by atoms with Gasteiger partial charge in [0.1, 0.15) is 0 Å². The maximum atomic E-state index is 12.5. The Kier molecular flexibility index (Phi) is 6.74. The first-order valence-electron chi connectivity index (χ1n) is 10.3. The number of benzene rings is 2. The molecular formula is C23H23ClN4O3. The molecule has 0 aliphatic carbocycles. The minimum Gasteiger partial charge on any atom is -0.340 e. The number of Topliss-reactive ketones (excluding diaryl/α,β-unsaturated/α-hetero) is 1. The van der Waals surface area contributed by atoms with Crippen molar-refractivity contribution >= 4 is 23.3 Å². The Morgan fingerprint density at radius 2 is 1.65 bits per heavy atom. The van der Waals surface area contributed by atoms with Crippen molar-refractivity contribution in [3.63, 3.8) is 0 Å². The number of hydrogen-bond acceptors (Lipinski definition) is 6. The smallest absolute Gasteiger partial charge is 0.241 e. The van der Waals surface area contributed by atoms with Gasteiger partial charge in [-0.1, -0.05) is 47.1 Å². The van der Waals surface area contributed by atoms with E-state index in [4.69, 9.17) is 16.1 Å². The number of ketones is 1. The second-order valence-electron chi connectivity index (χ2n) is 7.46. The van der Waals surface area contributed by atoms with Gasteiger partial charge >= 0.3 is 0 Å². The average Bonchev–Trinajstić information content (AvgIpc) is 3.27. The van der Waals surface area contributed by atoms with Gasteiger partial charge in [0.2, 0.25) is 17.6 Å². The molecule has 4 rings (SSSR count). The van der Waals surface area contributed by atoms with Crippen LogP contribution in [0, 0.1) is 0 Å². The molecule has 2 heterocycles. The molecular weight excluding hydrogens is 416 g/mol. The topological polar surface area (TPSA) is 79.5 Å². The van der Waals surface area contributed by atoms with Crippen LogP contribution in [0.4, 0.5) is 0 Å². The monoisotopic (exact) mass is 438 g/mol. The van der Waals surface area contributed by atoms with Crippen LogP contribution in [-0.4, -0.2) is 57.8 Å². The van der Waals surface area contributed by atoms with Crippen LogP contribution < -0.4 is 0 Å². The van der Waals surface area contributed by atoms with Crippen LogP contribution in [0.25, 0.3) is 11.4 Å². The third kappa shape index (κ3) is 5.57. The van der Waals surface area contributed by atoms with Gasteiger partial charge in [-0.3, -0.25) is 14.5 Å². The van der Waals surface area contributed by atoms with Gasteiger partial charge < -0.3 is 9.42 Å². The molecule has 1 fully saturated rings. The maximum absolute atomic E-state index is 12.5. The van der Waals surface area contributed by atoms with E-state index in [1.807, 2.05) is 35.2 Å². The lowest BCUT2D eigenvalue weighted by Crippen LogP contribution is -2.48. The van der Waals surface area contributed by atoms with Crippen LogP contribution in [0.3, 0.4) is 0 Å². The Balaban J connectivity index is 1.23. The quantitative estimate of drug-likeness (QED) is 0.523. The third-order valence-electron chi connectivity index (χ3n) is 5.32. The van der Waals surface area contributed by atoms with Crippen LogP contribution >= 0.6 is 11.6 Å². The highest BCUT2D eigenvalue weighted by molar-refractivity contribution is 6.30. The highest BCUT2D eigenvalue weighted by Gasteiger charge is 2.23. The first-order chi connectivity index (χ1) is 15.1. The molecule has 3 aromatic rings. The molecule has 1 aliphatic rings. The number of rotatable bonds is 7. The molecule has 0 bridgehead atoms. The molecule has 0 radical (unpaired) electrons. The lowest BCUT2D eigenvalue weighted by Gasteiger charge is -2.34. The largest absolute Gasteiger partial charge is 0.340 e. The Hall–Kier alpha value is -3.03. The van der Waals surface area contributed by atoms with E-state index >= 15 is 0 Å². The highest BCUT2D eigenvalue weighted by atomic mass is 35.5. The van der Waals surface area contributed by atoms with E-state index in [2.05, 4.69) is 15.0 Å². The van der Waals surface area contributed by atoms with Gasteiger partial charge in [0, 0.05) is 55.2 Å². The number of halogens is 1. The number of amides is 1. The van der Waals surface area contributed by atoms with Crippen molar-refractivity contribution in [3.05, 3.63) is 71.1 Å². The molecule has 8 heteroatoms. The van der Waals surface area contributed by atoms with Crippen LogP contribution in [0.5, 0.6) is 0 Å². The first kappa shape index (κ1) is 21.2. The number of carbonyl (C=O) groups excluding carboxylic acids is 2.